The molecule has 1 aliphatic heterocycles. The molecule has 0 aliphatic carbocycles. The summed E-state index contributed by atoms with van der Waals surface area (Å²) in [6, 6.07) is 17.0. The lowest BCUT2D eigenvalue weighted by Gasteiger charge is -2.19. The standard InChI is InChI=1S/C27H25ClN2O2/c1-15-9-10-17(3)23(13-15)30-26(31)24(20-12-11-16(2)18(4)14-20)25(27(30)32)29-22-8-6-7-21(28)19(22)5/h6-14,29H,1-5H3. The van der Waals surface area contributed by atoms with E-state index in [0.29, 0.717) is 27.5 Å². The van der Waals surface area contributed by atoms with Crippen LogP contribution in [-0.2, 0) is 9.59 Å². The number of hydrogen-bond acceptors (Lipinski definition) is 3. The van der Waals surface area contributed by atoms with E-state index in [-0.39, 0.29) is 17.5 Å². The van der Waals surface area contributed by atoms with Crippen LogP contribution in [0.15, 0.2) is 60.3 Å². The van der Waals surface area contributed by atoms with Crippen LogP contribution in [0.4, 0.5) is 11.4 Å². The Morgan fingerprint density at radius 1 is 0.781 bits per heavy atom. The highest BCUT2D eigenvalue weighted by molar-refractivity contribution is 6.46. The van der Waals surface area contributed by atoms with Gasteiger partial charge < -0.3 is 5.32 Å². The minimum atomic E-state index is -0.378. The Balaban J connectivity index is 1.90. The van der Waals surface area contributed by atoms with Crippen LogP contribution in [-0.4, -0.2) is 11.8 Å². The molecule has 0 saturated heterocycles. The average Bonchev–Trinajstić information content (AvgIpc) is 2.99. The van der Waals surface area contributed by atoms with E-state index in [2.05, 4.69) is 5.32 Å². The fourth-order valence-corrected chi connectivity index (χ4v) is 4.04. The van der Waals surface area contributed by atoms with Crippen molar-refractivity contribution in [1.29, 1.82) is 0 Å². The van der Waals surface area contributed by atoms with Gasteiger partial charge in [0.15, 0.2) is 0 Å². The van der Waals surface area contributed by atoms with Crippen molar-refractivity contribution >= 4 is 40.4 Å². The van der Waals surface area contributed by atoms with Crippen LogP contribution >= 0.6 is 11.6 Å². The smallest absolute Gasteiger partial charge is 0.282 e. The van der Waals surface area contributed by atoms with Crippen molar-refractivity contribution in [1.82, 2.24) is 0 Å². The first-order valence-electron chi connectivity index (χ1n) is 10.5. The summed E-state index contributed by atoms with van der Waals surface area (Å²) in [4.78, 5) is 28.7. The van der Waals surface area contributed by atoms with E-state index >= 15 is 0 Å². The minimum absolute atomic E-state index is 0.254. The molecule has 0 bridgehead atoms. The lowest BCUT2D eigenvalue weighted by molar-refractivity contribution is -0.120. The van der Waals surface area contributed by atoms with Crippen LogP contribution < -0.4 is 10.2 Å². The van der Waals surface area contributed by atoms with Crippen LogP contribution in [0.5, 0.6) is 0 Å². The van der Waals surface area contributed by atoms with Gasteiger partial charge in [0, 0.05) is 10.7 Å². The van der Waals surface area contributed by atoms with Gasteiger partial charge in [-0.3, -0.25) is 9.59 Å². The number of anilines is 2. The maximum atomic E-state index is 13.7. The number of aryl methyl sites for hydroxylation is 4. The molecule has 0 radical (unpaired) electrons. The van der Waals surface area contributed by atoms with E-state index < -0.39 is 0 Å². The Bertz CT molecular complexity index is 1310. The molecule has 32 heavy (non-hydrogen) atoms. The molecule has 2 amide bonds. The highest BCUT2D eigenvalue weighted by Crippen LogP contribution is 2.37. The van der Waals surface area contributed by atoms with E-state index in [0.717, 1.165) is 27.8 Å². The van der Waals surface area contributed by atoms with Crippen molar-refractivity contribution in [3.63, 3.8) is 0 Å². The van der Waals surface area contributed by atoms with Crippen molar-refractivity contribution in [2.75, 3.05) is 10.2 Å². The zero-order chi connectivity index (χ0) is 23.2. The molecule has 0 fully saturated rings. The highest BCUT2D eigenvalue weighted by atomic mass is 35.5. The molecule has 3 aromatic rings. The molecule has 4 rings (SSSR count). The molecular weight excluding hydrogens is 420 g/mol. The molecule has 3 aromatic carbocycles. The van der Waals surface area contributed by atoms with Crippen LogP contribution in [0.3, 0.4) is 0 Å². The summed E-state index contributed by atoms with van der Waals surface area (Å²) < 4.78 is 0. The van der Waals surface area contributed by atoms with E-state index in [1.54, 1.807) is 6.07 Å². The van der Waals surface area contributed by atoms with Crippen molar-refractivity contribution in [3.05, 3.63) is 98.7 Å². The first kappa shape index (κ1) is 21.8. The molecule has 0 aromatic heterocycles. The fraction of sp³-hybridized carbons (Fsp3) is 0.185. The molecule has 162 valence electrons. The Labute approximate surface area is 193 Å². The molecule has 1 heterocycles. The van der Waals surface area contributed by atoms with Gasteiger partial charge in [-0.15, -0.1) is 0 Å². The molecule has 0 saturated carbocycles. The molecule has 1 aliphatic rings. The number of benzene rings is 3. The highest BCUT2D eigenvalue weighted by Gasteiger charge is 2.41. The number of amides is 2. The first-order valence-corrected chi connectivity index (χ1v) is 10.9. The summed E-state index contributed by atoms with van der Waals surface area (Å²) in [5, 5.41) is 3.82. The van der Waals surface area contributed by atoms with E-state index in [1.165, 1.54) is 4.90 Å². The summed E-state index contributed by atoms with van der Waals surface area (Å²) in [5.74, 6) is -0.717. The van der Waals surface area contributed by atoms with Crippen molar-refractivity contribution < 1.29 is 9.59 Å². The molecule has 0 atom stereocenters. The number of carbonyl (C=O) groups is 2. The predicted molar refractivity (Wildman–Crippen MR) is 131 cm³/mol. The van der Waals surface area contributed by atoms with Crippen LogP contribution in [0, 0.1) is 34.6 Å². The number of nitrogens with one attached hydrogen (secondary N) is 1. The molecule has 0 unspecified atom stereocenters. The molecule has 5 heteroatoms. The number of carbonyl (C=O) groups excluding carboxylic acids is 2. The summed E-state index contributed by atoms with van der Waals surface area (Å²) in [5.41, 5.74) is 7.44. The van der Waals surface area contributed by atoms with Gasteiger partial charge in [-0.05, 0) is 86.2 Å². The van der Waals surface area contributed by atoms with Crippen molar-refractivity contribution in [2.45, 2.75) is 34.6 Å². The molecule has 0 spiro atoms. The van der Waals surface area contributed by atoms with Crippen molar-refractivity contribution in [3.8, 4) is 0 Å². The van der Waals surface area contributed by atoms with Gasteiger partial charge >= 0.3 is 0 Å². The first-order chi connectivity index (χ1) is 15.2. The van der Waals surface area contributed by atoms with Crippen LogP contribution in [0.25, 0.3) is 5.57 Å². The van der Waals surface area contributed by atoms with Gasteiger partial charge in [-0.2, -0.15) is 0 Å². The fourth-order valence-electron chi connectivity index (χ4n) is 3.87. The summed E-state index contributed by atoms with van der Waals surface area (Å²) in [6.45, 7) is 9.74. The third-order valence-corrected chi connectivity index (χ3v) is 6.42. The molecule has 1 N–H and O–H groups in total. The second kappa shape index (κ2) is 8.29. The third-order valence-electron chi connectivity index (χ3n) is 6.01. The van der Waals surface area contributed by atoms with Gasteiger partial charge in [0.25, 0.3) is 11.8 Å². The second-order valence-electron chi connectivity index (χ2n) is 8.32. The van der Waals surface area contributed by atoms with Gasteiger partial charge in [-0.25, -0.2) is 4.90 Å². The number of rotatable bonds is 4. The largest absolute Gasteiger partial charge is 0.350 e. The summed E-state index contributed by atoms with van der Waals surface area (Å²) in [6.07, 6.45) is 0. The molecular formula is C27H25ClN2O2. The van der Waals surface area contributed by atoms with E-state index in [4.69, 9.17) is 11.6 Å². The SMILES string of the molecule is Cc1ccc(C)c(N2C(=O)C(Nc3cccc(Cl)c3C)=C(c3ccc(C)c(C)c3)C2=O)c1. The monoisotopic (exact) mass is 444 g/mol. The van der Waals surface area contributed by atoms with Gasteiger partial charge in [0.1, 0.15) is 5.70 Å². The Morgan fingerprint density at radius 2 is 1.50 bits per heavy atom. The average molecular weight is 445 g/mol. The Kier molecular flexibility index (Phi) is 5.66. The van der Waals surface area contributed by atoms with E-state index in [9.17, 15) is 9.59 Å². The maximum absolute atomic E-state index is 13.7. The third kappa shape index (κ3) is 3.71. The predicted octanol–water partition coefficient (Wildman–Crippen LogP) is 6.28. The topological polar surface area (TPSA) is 49.4 Å². The van der Waals surface area contributed by atoms with E-state index in [1.807, 2.05) is 83.1 Å². The zero-order valence-electron chi connectivity index (χ0n) is 18.8. The van der Waals surface area contributed by atoms with Crippen LogP contribution in [0.2, 0.25) is 5.02 Å². The Morgan fingerprint density at radius 3 is 2.22 bits per heavy atom. The molecule has 4 nitrogen and oxygen atoms in total. The summed E-state index contributed by atoms with van der Waals surface area (Å²) in [7, 11) is 0. The Hall–Kier alpha value is -3.37. The maximum Gasteiger partial charge on any atom is 0.282 e. The van der Waals surface area contributed by atoms with Crippen molar-refractivity contribution in [2.24, 2.45) is 0 Å². The number of halogens is 1. The van der Waals surface area contributed by atoms with Gasteiger partial charge in [-0.1, -0.05) is 48.0 Å². The zero-order valence-corrected chi connectivity index (χ0v) is 19.6. The van der Waals surface area contributed by atoms with Crippen LogP contribution in [0.1, 0.15) is 33.4 Å². The second-order valence-corrected chi connectivity index (χ2v) is 8.73. The minimum Gasteiger partial charge on any atom is -0.350 e. The number of hydrogen-bond donors (Lipinski definition) is 1. The number of nitrogens with zero attached hydrogens (tertiary/aromatic N) is 1. The summed E-state index contributed by atoms with van der Waals surface area (Å²) >= 11 is 6.30. The lowest BCUT2D eigenvalue weighted by atomic mass is 9.99. The van der Waals surface area contributed by atoms with Gasteiger partial charge in [0.05, 0.1) is 11.3 Å². The quantitative estimate of drug-likeness (QED) is 0.482. The lowest BCUT2D eigenvalue weighted by Crippen LogP contribution is -2.33. The van der Waals surface area contributed by atoms with Gasteiger partial charge in [0.2, 0.25) is 0 Å². The number of imide groups is 1. The normalized spacial score (nSPS) is 13.9.